The van der Waals surface area contributed by atoms with Crippen LogP contribution in [0, 0.1) is 5.41 Å². The molecule has 0 amide bonds. The van der Waals surface area contributed by atoms with E-state index in [0.717, 1.165) is 17.7 Å². The lowest BCUT2D eigenvalue weighted by Gasteiger charge is -2.30. The van der Waals surface area contributed by atoms with Gasteiger partial charge in [0.2, 0.25) is 0 Å². The predicted molar refractivity (Wildman–Crippen MR) is 73.0 cm³/mol. The Hall–Kier alpha value is -1.11. The van der Waals surface area contributed by atoms with Crippen LogP contribution in [0.5, 0.6) is 0 Å². The number of allylic oxidation sites excluding steroid dienone is 5. The van der Waals surface area contributed by atoms with Crippen LogP contribution >= 0.6 is 0 Å². The Morgan fingerprint density at radius 3 is 2.12 bits per heavy atom. The van der Waals surface area contributed by atoms with Crippen LogP contribution in [0.15, 0.2) is 41.4 Å². The molecule has 0 aromatic heterocycles. The normalized spacial score (nSPS) is 19.6. The summed E-state index contributed by atoms with van der Waals surface area (Å²) in [7, 11) is 0. The fourth-order valence-electron chi connectivity index (χ4n) is 2.28. The van der Waals surface area contributed by atoms with Gasteiger partial charge < -0.3 is 0 Å². The summed E-state index contributed by atoms with van der Waals surface area (Å²) in [5.74, 6) is 0. The molecule has 0 aromatic carbocycles. The van der Waals surface area contributed by atoms with Gasteiger partial charge in [0.15, 0.2) is 0 Å². The third-order valence-corrected chi connectivity index (χ3v) is 2.38. The fourth-order valence-corrected chi connectivity index (χ4v) is 2.28. The molecule has 0 aromatic rings. The summed E-state index contributed by atoms with van der Waals surface area (Å²) in [4.78, 5) is 4.81. The van der Waals surface area contributed by atoms with Crippen LogP contribution in [0.4, 0.5) is 0 Å². The molecule has 0 saturated heterocycles. The lowest BCUT2D eigenvalue weighted by Crippen LogP contribution is -2.26. The van der Waals surface area contributed by atoms with Gasteiger partial charge in [-0.2, -0.15) is 0 Å². The Morgan fingerprint density at radius 1 is 1.06 bits per heavy atom. The molecule has 0 fully saturated rings. The number of hydrogen-bond acceptors (Lipinski definition) is 1. The highest BCUT2D eigenvalue weighted by molar-refractivity contribution is 6.11. The molecule has 0 aliphatic heterocycles. The minimum Gasteiger partial charge on any atom is -0.279 e. The lowest BCUT2D eigenvalue weighted by molar-refractivity contribution is 0.288. The van der Waals surface area contributed by atoms with E-state index in [1.54, 1.807) is 0 Å². The van der Waals surface area contributed by atoms with Gasteiger partial charge in [-0.05, 0) is 37.3 Å². The van der Waals surface area contributed by atoms with Crippen LogP contribution in [0.2, 0.25) is 0 Å². The van der Waals surface area contributed by atoms with Gasteiger partial charge in [-0.25, -0.2) is 0 Å². The van der Waals surface area contributed by atoms with E-state index in [1.165, 1.54) is 0 Å². The van der Waals surface area contributed by atoms with E-state index in [9.17, 15) is 0 Å². The van der Waals surface area contributed by atoms with Gasteiger partial charge in [-0.15, -0.1) is 0 Å². The molecule has 0 atom stereocenters. The average Bonchev–Trinajstić information content (AvgIpc) is 2.04. The molecule has 1 aliphatic rings. The first-order valence-electron chi connectivity index (χ1n) is 5.84. The zero-order valence-corrected chi connectivity index (χ0v) is 11.2. The Bertz CT molecular complexity index is 359. The van der Waals surface area contributed by atoms with E-state index in [-0.39, 0.29) is 5.54 Å². The maximum absolute atomic E-state index is 4.81. The molecular weight excluding hydrogens is 194 g/mol. The molecular formula is C15H23N. The highest BCUT2D eigenvalue weighted by Gasteiger charge is 2.25. The first-order valence-corrected chi connectivity index (χ1v) is 5.84. The molecule has 1 aliphatic carbocycles. The summed E-state index contributed by atoms with van der Waals surface area (Å²) in [6.07, 6.45) is 9.12. The molecule has 0 heterocycles. The van der Waals surface area contributed by atoms with Crippen LogP contribution in [0.25, 0.3) is 0 Å². The number of aliphatic imine (C=N–C) groups is 1. The minimum absolute atomic E-state index is 0.0357. The molecule has 0 N–H and O–H groups in total. The quantitative estimate of drug-likeness (QED) is 0.653. The van der Waals surface area contributed by atoms with Gasteiger partial charge in [-0.1, -0.05) is 45.6 Å². The smallest absolute Gasteiger partial charge is 0.0647 e. The van der Waals surface area contributed by atoms with E-state index in [2.05, 4.69) is 41.2 Å². The summed E-state index contributed by atoms with van der Waals surface area (Å²) in [6, 6.07) is 0. The van der Waals surface area contributed by atoms with Gasteiger partial charge in [-0.3, -0.25) is 4.99 Å². The second kappa shape index (κ2) is 4.40. The fraction of sp³-hybridized carbons (Fsp3) is 0.533. The van der Waals surface area contributed by atoms with Crippen LogP contribution < -0.4 is 0 Å². The Morgan fingerprint density at radius 2 is 1.62 bits per heavy atom. The van der Waals surface area contributed by atoms with Crippen molar-refractivity contribution in [3.63, 3.8) is 0 Å². The molecule has 1 heteroatoms. The standard InChI is InChI=1S/C15H23N/c1-12-9-7-8-10-13(12)16-15(5,6)11-14(2,3)4/h7-10H,1,11H2,2-6H3. The van der Waals surface area contributed by atoms with Crippen LogP contribution in [-0.4, -0.2) is 11.3 Å². The third-order valence-electron chi connectivity index (χ3n) is 2.38. The average molecular weight is 217 g/mol. The Labute approximate surface area is 99.7 Å². The molecule has 0 bridgehead atoms. The van der Waals surface area contributed by atoms with Crippen molar-refractivity contribution in [2.75, 3.05) is 0 Å². The summed E-state index contributed by atoms with van der Waals surface area (Å²) < 4.78 is 0. The van der Waals surface area contributed by atoms with Crippen molar-refractivity contribution in [2.24, 2.45) is 10.4 Å². The highest BCUT2D eigenvalue weighted by Crippen LogP contribution is 2.30. The van der Waals surface area contributed by atoms with Gasteiger partial charge in [0.1, 0.15) is 0 Å². The molecule has 0 radical (unpaired) electrons. The largest absolute Gasteiger partial charge is 0.279 e. The van der Waals surface area contributed by atoms with Crippen molar-refractivity contribution in [3.8, 4) is 0 Å². The monoisotopic (exact) mass is 217 g/mol. The summed E-state index contributed by atoms with van der Waals surface area (Å²) >= 11 is 0. The highest BCUT2D eigenvalue weighted by atomic mass is 14.9. The van der Waals surface area contributed by atoms with E-state index in [0.29, 0.717) is 5.41 Å². The Balaban J connectivity index is 2.86. The lowest BCUT2D eigenvalue weighted by atomic mass is 9.82. The zero-order chi connectivity index (χ0) is 12.4. The number of hydrogen-bond donors (Lipinski definition) is 0. The first-order chi connectivity index (χ1) is 7.20. The van der Waals surface area contributed by atoms with Crippen LogP contribution in [0.3, 0.4) is 0 Å². The second-order valence-corrected chi connectivity index (χ2v) is 6.29. The third kappa shape index (κ3) is 4.18. The summed E-state index contributed by atoms with van der Waals surface area (Å²) in [5.41, 5.74) is 2.27. The van der Waals surface area contributed by atoms with Gasteiger partial charge in [0.25, 0.3) is 0 Å². The van der Waals surface area contributed by atoms with Crippen LogP contribution in [-0.2, 0) is 0 Å². The van der Waals surface area contributed by atoms with Gasteiger partial charge >= 0.3 is 0 Å². The molecule has 0 unspecified atom stereocenters. The van der Waals surface area contributed by atoms with E-state index in [4.69, 9.17) is 4.99 Å². The van der Waals surface area contributed by atoms with Crippen molar-refractivity contribution in [2.45, 2.75) is 46.6 Å². The van der Waals surface area contributed by atoms with E-state index >= 15 is 0 Å². The van der Waals surface area contributed by atoms with Crippen molar-refractivity contribution in [1.82, 2.24) is 0 Å². The summed E-state index contributed by atoms with van der Waals surface area (Å²) in [6.45, 7) is 15.1. The molecule has 0 spiro atoms. The van der Waals surface area contributed by atoms with Crippen LogP contribution in [0.1, 0.15) is 41.0 Å². The molecule has 1 nitrogen and oxygen atoms in total. The van der Waals surface area contributed by atoms with E-state index in [1.807, 2.05) is 24.3 Å². The predicted octanol–water partition coefficient (Wildman–Crippen LogP) is 4.32. The van der Waals surface area contributed by atoms with Crippen molar-refractivity contribution < 1.29 is 0 Å². The van der Waals surface area contributed by atoms with Gasteiger partial charge in [0, 0.05) is 0 Å². The number of rotatable bonds is 2. The molecule has 16 heavy (non-hydrogen) atoms. The minimum atomic E-state index is -0.0357. The SMILES string of the molecule is C=C1C=CC=CC1=NC(C)(C)CC(C)(C)C. The van der Waals surface area contributed by atoms with Crippen molar-refractivity contribution in [3.05, 3.63) is 36.5 Å². The number of nitrogens with zero attached hydrogens (tertiary/aromatic N) is 1. The van der Waals surface area contributed by atoms with Crippen molar-refractivity contribution >= 4 is 5.71 Å². The first kappa shape index (κ1) is 13.0. The van der Waals surface area contributed by atoms with Gasteiger partial charge in [0.05, 0.1) is 11.3 Å². The molecule has 0 saturated carbocycles. The Kier molecular flexibility index (Phi) is 3.57. The van der Waals surface area contributed by atoms with Crippen molar-refractivity contribution in [1.29, 1.82) is 0 Å². The summed E-state index contributed by atoms with van der Waals surface area (Å²) in [5, 5.41) is 0. The maximum Gasteiger partial charge on any atom is 0.0647 e. The molecule has 88 valence electrons. The van der Waals surface area contributed by atoms with E-state index < -0.39 is 0 Å². The zero-order valence-electron chi connectivity index (χ0n) is 11.2. The maximum atomic E-state index is 4.81. The topological polar surface area (TPSA) is 12.4 Å². The molecule has 1 rings (SSSR count). The second-order valence-electron chi connectivity index (χ2n) is 6.29.